The van der Waals surface area contributed by atoms with Gasteiger partial charge in [0.25, 0.3) is 10.0 Å². The van der Waals surface area contributed by atoms with Gasteiger partial charge in [0.1, 0.15) is 5.76 Å². The Morgan fingerprint density at radius 1 is 1.64 bits per heavy atom. The molecule has 0 spiro atoms. The Balaban J connectivity index is 3.79. The first-order valence-corrected chi connectivity index (χ1v) is 5.03. The molecule has 1 heterocycles. The Hall–Kier alpha value is -0.850. The second-order valence-corrected chi connectivity index (χ2v) is 4.27. The Labute approximate surface area is 91.0 Å². The number of primary sulfonamides is 1. The number of sulfonamides is 1. The molecule has 0 fully saturated rings. The molecule has 1 aromatic heterocycles. The molecular weight excluding hydrogens is 206 g/mol. The fraction of sp³-hybridized carbons (Fsp3) is 0.500. The maximum Gasteiger partial charge on any atom is 0.271 e. The van der Waals surface area contributed by atoms with Gasteiger partial charge in [-0.05, 0) is 26.7 Å². The van der Waals surface area contributed by atoms with Gasteiger partial charge in [0.15, 0.2) is 0 Å². The third-order valence-electron chi connectivity index (χ3n) is 1.47. The quantitative estimate of drug-likeness (QED) is 0.764. The molecule has 0 atom stereocenters. The molecule has 3 N–H and O–H groups in total. The van der Waals surface area contributed by atoms with Crippen molar-refractivity contribution in [3.05, 3.63) is 17.4 Å². The maximum atomic E-state index is 11.4. The van der Waals surface area contributed by atoms with Crippen LogP contribution in [0.4, 0.5) is 0 Å². The zero-order valence-corrected chi connectivity index (χ0v) is 8.05. The first-order valence-electron chi connectivity index (χ1n) is 6.48. The predicted octanol–water partition coefficient (Wildman–Crippen LogP) is 0.463. The van der Waals surface area contributed by atoms with E-state index < -0.39 is 40.0 Å². The number of rotatable bonds is 2. The molecule has 0 aromatic carbocycles. The van der Waals surface area contributed by atoms with Gasteiger partial charge in [-0.15, -0.1) is 0 Å². The molecule has 0 unspecified atom stereocenters. The molecule has 0 saturated heterocycles. The third kappa shape index (κ3) is 2.14. The van der Waals surface area contributed by atoms with Gasteiger partial charge in [-0.2, -0.15) is 0 Å². The molecule has 0 aliphatic rings. The summed E-state index contributed by atoms with van der Waals surface area (Å²) in [4.78, 5) is 0. The fourth-order valence-electron chi connectivity index (χ4n) is 0.956. The van der Waals surface area contributed by atoms with Gasteiger partial charge < -0.3 is 9.52 Å². The van der Waals surface area contributed by atoms with Gasteiger partial charge >= 0.3 is 0 Å². The molecule has 0 aliphatic carbocycles. The van der Waals surface area contributed by atoms with Gasteiger partial charge in [0.2, 0.25) is 5.09 Å². The average Bonchev–Trinajstić information content (AvgIpc) is 2.55. The topological polar surface area (TPSA) is 93.5 Å². The van der Waals surface area contributed by atoms with Crippen molar-refractivity contribution in [1.29, 1.82) is 0 Å². The van der Waals surface area contributed by atoms with Gasteiger partial charge in [-0.3, -0.25) is 0 Å². The van der Waals surface area contributed by atoms with E-state index >= 15 is 0 Å². The van der Waals surface area contributed by atoms with Crippen LogP contribution in [0.15, 0.2) is 15.6 Å². The van der Waals surface area contributed by atoms with Crippen molar-refractivity contribution in [3.63, 3.8) is 0 Å². The van der Waals surface area contributed by atoms with E-state index in [1.165, 1.54) is 6.92 Å². The number of aryl methyl sites for hydroxylation is 1. The zero-order valence-electron chi connectivity index (χ0n) is 13.2. The highest BCUT2D eigenvalue weighted by molar-refractivity contribution is 7.89. The van der Waals surface area contributed by atoms with E-state index in [0.717, 1.165) is 6.07 Å². The highest BCUT2D eigenvalue weighted by Crippen LogP contribution is 2.29. The van der Waals surface area contributed by atoms with Gasteiger partial charge in [-0.25, -0.2) is 13.6 Å². The van der Waals surface area contributed by atoms with E-state index in [9.17, 15) is 13.5 Å². The number of hydrogen-bond donors (Lipinski definition) is 2. The Morgan fingerprint density at radius 3 is 2.64 bits per heavy atom. The summed E-state index contributed by atoms with van der Waals surface area (Å²) >= 11 is 0. The predicted molar refractivity (Wildman–Crippen MR) is 50.1 cm³/mol. The lowest BCUT2D eigenvalue weighted by molar-refractivity contribution is 0.0732. The summed E-state index contributed by atoms with van der Waals surface area (Å²) in [6.45, 7) is -5.58. The van der Waals surface area contributed by atoms with Crippen LogP contribution in [0.25, 0.3) is 0 Å². The Bertz CT molecular complexity index is 600. The van der Waals surface area contributed by atoms with Gasteiger partial charge in [0.05, 0.1) is 5.60 Å². The minimum atomic E-state index is -4.54. The molecule has 0 amide bonds. The van der Waals surface area contributed by atoms with Crippen molar-refractivity contribution < 1.29 is 26.2 Å². The monoisotopic (exact) mass is 225 g/mol. The number of nitrogens with two attached hydrogens (primary N) is 1. The summed E-state index contributed by atoms with van der Waals surface area (Å²) in [5.41, 5.74) is -4.32. The van der Waals surface area contributed by atoms with Crippen LogP contribution in [0, 0.1) is 6.92 Å². The molecular formula is C8H13NO4S. The minimum Gasteiger partial charge on any atom is -0.448 e. The minimum absolute atomic E-state index is 0.101. The van der Waals surface area contributed by atoms with Crippen molar-refractivity contribution in [2.75, 3.05) is 0 Å². The molecule has 1 rings (SSSR count). The molecule has 5 nitrogen and oxygen atoms in total. The van der Waals surface area contributed by atoms with E-state index in [1.807, 2.05) is 0 Å². The summed E-state index contributed by atoms with van der Waals surface area (Å²) in [5, 5.41) is 14.0. The summed E-state index contributed by atoms with van der Waals surface area (Å²) < 4.78 is 70.9. The van der Waals surface area contributed by atoms with E-state index in [-0.39, 0.29) is 5.76 Å². The molecule has 0 aliphatic heterocycles. The number of hydrogen-bond acceptors (Lipinski definition) is 4. The first-order chi connectivity index (χ1) is 8.62. The molecule has 14 heavy (non-hydrogen) atoms. The second kappa shape index (κ2) is 3.08. The first kappa shape index (κ1) is 5.29. The molecule has 0 bridgehead atoms. The van der Waals surface area contributed by atoms with Crippen molar-refractivity contribution in [2.24, 2.45) is 5.14 Å². The number of furan rings is 1. The van der Waals surface area contributed by atoms with Crippen LogP contribution >= 0.6 is 0 Å². The Kier molecular flexibility index (Phi) is 1.16. The lowest BCUT2D eigenvalue weighted by atomic mass is 10.0. The standard InChI is InChI=1S/C8H13NO4S/c1-5-4-6(8(2,3)10)7(13-5)14(9,11)12/h4,10H,1-3H3,(H2,9,11,12)/i2D3,3D3. The summed E-state index contributed by atoms with van der Waals surface area (Å²) in [5.74, 6) is -0.101. The lowest BCUT2D eigenvalue weighted by Gasteiger charge is -2.15. The van der Waals surface area contributed by atoms with Crippen molar-refractivity contribution in [3.8, 4) is 0 Å². The zero-order chi connectivity index (χ0) is 16.1. The normalized spacial score (nSPS) is 21.4. The second-order valence-electron chi connectivity index (χ2n) is 2.81. The molecule has 0 radical (unpaired) electrons. The van der Waals surface area contributed by atoms with E-state index in [0.29, 0.717) is 0 Å². The van der Waals surface area contributed by atoms with Crippen LogP contribution in [0.5, 0.6) is 0 Å². The Morgan fingerprint density at radius 2 is 2.21 bits per heavy atom. The maximum absolute atomic E-state index is 11.4. The third-order valence-corrected chi connectivity index (χ3v) is 2.29. The smallest absolute Gasteiger partial charge is 0.271 e. The average molecular weight is 225 g/mol. The highest BCUT2D eigenvalue weighted by Gasteiger charge is 2.29. The van der Waals surface area contributed by atoms with Crippen molar-refractivity contribution in [1.82, 2.24) is 0 Å². The van der Waals surface area contributed by atoms with Crippen LogP contribution in [0.1, 0.15) is 33.3 Å². The number of aliphatic hydroxyl groups is 1. The van der Waals surface area contributed by atoms with Crippen LogP contribution in [0.3, 0.4) is 0 Å². The van der Waals surface area contributed by atoms with E-state index in [2.05, 4.69) is 0 Å². The largest absolute Gasteiger partial charge is 0.448 e. The summed E-state index contributed by atoms with van der Waals surface area (Å²) in [7, 11) is -4.54. The summed E-state index contributed by atoms with van der Waals surface area (Å²) in [6, 6.07) is 0.832. The van der Waals surface area contributed by atoms with Crippen molar-refractivity contribution in [2.45, 2.75) is 31.3 Å². The highest BCUT2D eigenvalue weighted by atomic mass is 32.2. The van der Waals surface area contributed by atoms with E-state index in [4.69, 9.17) is 17.8 Å². The van der Waals surface area contributed by atoms with Crippen LogP contribution in [0.2, 0.25) is 0 Å². The van der Waals surface area contributed by atoms with Crippen LogP contribution in [-0.4, -0.2) is 13.5 Å². The molecule has 1 aromatic rings. The fourth-order valence-corrected chi connectivity index (χ4v) is 1.72. The van der Waals surface area contributed by atoms with Gasteiger partial charge in [0, 0.05) is 13.8 Å². The summed E-state index contributed by atoms with van der Waals surface area (Å²) in [6.07, 6.45) is 0. The van der Waals surface area contributed by atoms with Crippen LogP contribution < -0.4 is 5.14 Å². The van der Waals surface area contributed by atoms with Gasteiger partial charge in [-0.1, -0.05) is 0 Å². The molecule has 80 valence electrons. The molecule has 0 saturated carbocycles. The van der Waals surface area contributed by atoms with E-state index in [1.54, 1.807) is 0 Å². The SMILES string of the molecule is [2H]C([2H])([2H])C(O)(c1cc(C)oc1S(N)(=O)=O)C([2H])([2H])[2H]. The molecule has 6 heteroatoms. The van der Waals surface area contributed by atoms with Crippen molar-refractivity contribution >= 4 is 10.0 Å². The lowest BCUT2D eigenvalue weighted by Crippen LogP contribution is -2.21. The van der Waals surface area contributed by atoms with Crippen LogP contribution in [-0.2, 0) is 15.6 Å².